The van der Waals surface area contributed by atoms with Crippen molar-refractivity contribution in [2.75, 3.05) is 37.0 Å². The van der Waals surface area contributed by atoms with E-state index < -0.39 is 11.2 Å². The van der Waals surface area contributed by atoms with Gasteiger partial charge in [-0.25, -0.2) is 4.98 Å². The molecule has 0 bridgehead atoms. The van der Waals surface area contributed by atoms with E-state index in [0.29, 0.717) is 24.7 Å². The Kier molecular flexibility index (Phi) is 4.94. The second-order valence-electron chi connectivity index (χ2n) is 6.57. The van der Waals surface area contributed by atoms with Gasteiger partial charge in [0.05, 0.1) is 23.6 Å². The maximum Gasteiger partial charge on any atom is 0.149 e. The summed E-state index contributed by atoms with van der Waals surface area (Å²) in [6, 6.07) is 0. The number of aliphatic hydroxyl groups is 2. The quantitative estimate of drug-likeness (QED) is 0.807. The molecule has 1 heterocycles. The van der Waals surface area contributed by atoms with Gasteiger partial charge in [0.15, 0.2) is 0 Å². The fraction of sp³-hybridized carbons (Fsp3) is 0.714. The summed E-state index contributed by atoms with van der Waals surface area (Å²) in [5.41, 5.74) is -1.60. The van der Waals surface area contributed by atoms with Crippen LogP contribution in [0.25, 0.3) is 0 Å². The first-order valence-corrected chi connectivity index (χ1v) is 6.67. The minimum absolute atomic E-state index is 0.459. The van der Waals surface area contributed by atoms with Gasteiger partial charge in [-0.1, -0.05) is 0 Å². The van der Waals surface area contributed by atoms with Crippen LogP contribution < -0.4 is 9.80 Å². The molecule has 1 aromatic heterocycles. The van der Waals surface area contributed by atoms with Crippen molar-refractivity contribution in [2.24, 2.45) is 0 Å². The van der Waals surface area contributed by atoms with Gasteiger partial charge in [-0.2, -0.15) is 0 Å². The van der Waals surface area contributed by atoms with Crippen molar-refractivity contribution >= 4 is 11.6 Å². The molecule has 114 valence electrons. The highest BCUT2D eigenvalue weighted by Crippen LogP contribution is 2.17. The molecular formula is C14H26N4O2. The molecule has 0 aliphatic carbocycles. The molecule has 0 saturated carbocycles. The fourth-order valence-corrected chi connectivity index (χ4v) is 2.04. The molecule has 1 aromatic rings. The number of likely N-dealkylation sites (N-methyl/N-ethyl adjacent to an activating group) is 2. The average Bonchev–Trinajstić information content (AvgIpc) is 2.24. The summed E-state index contributed by atoms with van der Waals surface area (Å²) in [7, 11) is 3.73. The summed E-state index contributed by atoms with van der Waals surface area (Å²) < 4.78 is 0. The summed E-state index contributed by atoms with van der Waals surface area (Å²) in [4.78, 5) is 12.4. The van der Waals surface area contributed by atoms with E-state index in [9.17, 15) is 10.2 Å². The predicted octanol–water partition coefficient (Wildman–Crippen LogP) is 0.891. The Morgan fingerprint density at radius 3 is 1.55 bits per heavy atom. The smallest absolute Gasteiger partial charge is 0.149 e. The number of nitrogens with zero attached hydrogens (tertiary/aromatic N) is 4. The summed E-state index contributed by atoms with van der Waals surface area (Å²) in [6.07, 6.45) is 3.32. The molecule has 6 heteroatoms. The van der Waals surface area contributed by atoms with E-state index in [4.69, 9.17) is 0 Å². The van der Waals surface area contributed by atoms with Crippen LogP contribution >= 0.6 is 0 Å². The highest BCUT2D eigenvalue weighted by Gasteiger charge is 2.19. The Morgan fingerprint density at radius 1 is 0.900 bits per heavy atom. The number of hydrogen-bond acceptors (Lipinski definition) is 6. The van der Waals surface area contributed by atoms with Crippen LogP contribution in [0, 0.1) is 0 Å². The van der Waals surface area contributed by atoms with Crippen LogP contribution in [0.5, 0.6) is 0 Å². The summed E-state index contributed by atoms with van der Waals surface area (Å²) in [5.74, 6) is 1.37. The van der Waals surface area contributed by atoms with Crippen LogP contribution in [0.4, 0.5) is 11.6 Å². The third kappa shape index (κ3) is 5.71. The molecule has 0 aromatic carbocycles. The standard InChI is InChI=1S/C14H26N4O2/c1-13(2,19)9-17(5)11-7-15-8-12(16-11)18(6)10-14(3,4)20/h7-8,19-20H,9-10H2,1-6H3. The van der Waals surface area contributed by atoms with E-state index >= 15 is 0 Å². The highest BCUT2D eigenvalue weighted by atomic mass is 16.3. The Balaban J connectivity index is 2.85. The summed E-state index contributed by atoms with van der Waals surface area (Å²) >= 11 is 0. The van der Waals surface area contributed by atoms with Crippen molar-refractivity contribution in [3.8, 4) is 0 Å². The van der Waals surface area contributed by atoms with Crippen molar-refractivity contribution in [1.82, 2.24) is 9.97 Å². The lowest BCUT2D eigenvalue weighted by Crippen LogP contribution is -2.38. The average molecular weight is 282 g/mol. The van der Waals surface area contributed by atoms with Gasteiger partial charge in [0.2, 0.25) is 0 Å². The van der Waals surface area contributed by atoms with Gasteiger partial charge in [-0.15, -0.1) is 0 Å². The minimum Gasteiger partial charge on any atom is -0.389 e. The highest BCUT2D eigenvalue weighted by molar-refractivity contribution is 5.45. The minimum atomic E-state index is -0.800. The van der Waals surface area contributed by atoms with Crippen LogP contribution in [0.1, 0.15) is 27.7 Å². The summed E-state index contributed by atoms with van der Waals surface area (Å²) in [5, 5.41) is 19.7. The van der Waals surface area contributed by atoms with E-state index in [1.54, 1.807) is 40.1 Å². The van der Waals surface area contributed by atoms with E-state index in [0.717, 1.165) is 0 Å². The molecule has 0 atom stereocenters. The third-order valence-corrected chi connectivity index (χ3v) is 2.64. The van der Waals surface area contributed by atoms with Gasteiger partial charge in [0.1, 0.15) is 11.6 Å². The Labute approximate surface area is 121 Å². The van der Waals surface area contributed by atoms with E-state index in [1.165, 1.54) is 0 Å². The van der Waals surface area contributed by atoms with E-state index in [-0.39, 0.29) is 0 Å². The van der Waals surface area contributed by atoms with Crippen molar-refractivity contribution in [3.05, 3.63) is 12.4 Å². The zero-order chi connectivity index (χ0) is 15.6. The van der Waals surface area contributed by atoms with Crippen molar-refractivity contribution in [1.29, 1.82) is 0 Å². The molecule has 0 unspecified atom stereocenters. The molecule has 0 fully saturated rings. The number of anilines is 2. The monoisotopic (exact) mass is 282 g/mol. The molecular weight excluding hydrogens is 256 g/mol. The van der Waals surface area contributed by atoms with Gasteiger partial charge < -0.3 is 20.0 Å². The second kappa shape index (κ2) is 5.93. The van der Waals surface area contributed by atoms with Gasteiger partial charge in [0, 0.05) is 27.2 Å². The first-order valence-electron chi connectivity index (χ1n) is 6.67. The van der Waals surface area contributed by atoms with E-state index in [2.05, 4.69) is 9.97 Å². The molecule has 0 radical (unpaired) electrons. The van der Waals surface area contributed by atoms with Gasteiger partial charge in [-0.3, -0.25) is 4.98 Å². The molecule has 20 heavy (non-hydrogen) atoms. The SMILES string of the molecule is CN(CC(C)(C)O)c1cncc(N(C)CC(C)(C)O)n1. The molecule has 0 aliphatic rings. The molecule has 0 amide bonds. The van der Waals surface area contributed by atoms with Crippen molar-refractivity contribution in [2.45, 2.75) is 38.9 Å². The van der Waals surface area contributed by atoms with Gasteiger partial charge in [-0.05, 0) is 27.7 Å². The van der Waals surface area contributed by atoms with Crippen LogP contribution in [0.2, 0.25) is 0 Å². The summed E-state index contributed by atoms with van der Waals surface area (Å²) in [6.45, 7) is 7.92. The predicted molar refractivity (Wildman–Crippen MR) is 81.2 cm³/mol. The van der Waals surface area contributed by atoms with Gasteiger partial charge in [0.25, 0.3) is 0 Å². The molecule has 0 saturated heterocycles. The number of rotatable bonds is 6. The molecule has 0 spiro atoms. The van der Waals surface area contributed by atoms with Crippen molar-refractivity contribution < 1.29 is 10.2 Å². The molecule has 2 N–H and O–H groups in total. The maximum atomic E-state index is 9.85. The lowest BCUT2D eigenvalue weighted by atomic mass is 10.1. The van der Waals surface area contributed by atoms with Crippen molar-refractivity contribution in [3.63, 3.8) is 0 Å². The second-order valence-corrected chi connectivity index (χ2v) is 6.57. The van der Waals surface area contributed by atoms with Crippen LogP contribution in [-0.4, -0.2) is 58.6 Å². The third-order valence-electron chi connectivity index (χ3n) is 2.64. The zero-order valence-electron chi connectivity index (χ0n) is 13.3. The molecule has 0 aliphatic heterocycles. The Morgan fingerprint density at radius 2 is 1.25 bits per heavy atom. The molecule has 1 rings (SSSR count). The lowest BCUT2D eigenvalue weighted by Gasteiger charge is -2.29. The zero-order valence-corrected chi connectivity index (χ0v) is 13.3. The largest absolute Gasteiger partial charge is 0.389 e. The normalized spacial score (nSPS) is 12.4. The lowest BCUT2D eigenvalue weighted by molar-refractivity contribution is 0.0882. The molecule has 6 nitrogen and oxygen atoms in total. The van der Waals surface area contributed by atoms with E-state index in [1.807, 2.05) is 23.9 Å². The van der Waals surface area contributed by atoms with Crippen LogP contribution in [0.15, 0.2) is 12.4 Å². The van der Waals surface area contributed by atoms with Gasteiger partial charge >= 0.3 is 0 Å². The first-order chi connectivity index (χ1) is 8.98. The topological polar surface area (TPSA) is 72.7 Å². The Hall–Kier alpha value is -1.40. The first kappa shape index (κ1) is 16.7. The number of aromatic nitrogens is 2. The Bertz CT molecular complexity index is 400. The van der Waals surface area contributed by atoms with Crippen LogP contribution in [0.3, 0.4) is 0 Å². The fourth-order valence-electron chi connectivity index (χ4n) is 2.04. The number of hydrogen-bond donors (Lipinski definition) is 2. The maximum absolute atomic E-state index is 9.85. The van der Waals surface area contributed by atoms with Crippen LogP contribution in [-0.2, 0) is 0 Å².